The molecule has 0 saturated carbocycles. The van der Waals surface area contributed by atoms with E-state index in [9.17, 15) is 19.4 Å². The van der Waals surface area contributed by atoms with Gasteiger partial charge >= 0.3 is 19.4 Å². The zero-order chi connectivity index (χ0) is 39.6. The van der Waals surface area contributed by atoms with Gasteiger partial charge in [0.1, 0.15) is 11.2 Å². The Kier molecular flexibility index (Phi) is 9.00. The maximum atomic E-state index is 14.0. The quantitative estimate of drug-likeness (QED) is 0.114. The average Bonchev–Trinajstić information content (AvgIpc) is 3.34. The van der Waals surface area contributed by atoms with Crippen molar-refractivity contribution in [2.45, 2.75) is 27.7 Å². The summed E-state index contributed by atoms with van der Waals surface area (Å²) in [6, 6.07) is 33.7. The van der Waals surface area contributed by atoms with Crippen LogP contribution in [0.5, 0.6) is 11.5 Å². The van der Waals surface area contributed by atoms with Crippen LogP contribution in [0.2, 0.25) is 0 Å². The maximum Gasteiger partial charge on any atom is 0.664 e. The summed E-state index contributed by atoms with van der Waals surface area (Å²) in [5, 5.41) is 4.27. The second-order valence-corrected chi connectivity index (χ2v) is 15.4. The monoisotopic (exact) mass is 779 g/mol. The van der Waals surface area contributed by atoms with Crippen molar-refractivity contribution in [2.24, 2.45) is 0 Å². The predicted molar refractivity (Wildman–Crippen MR) is 230 cm³/mol. The molecular formula is C46H40N2O8P+. The van der Waals surface area contributed by atoms with Gasteiger partial charge in [0.25, 0.3) is 0 Å². The normalized spacial score (nSPS) is 13.2. The minimum Gasteiger partial charge on any atom is -0.422 e. The predicted octanol–water partition coefficient (Wildman–Crippen LogP) is 10.3. The lowest BCUT2D eigenvalue weighted by molar-refractivity contribution is 0.250. The van der Waals surface area contributed by atoms with Gasteiger partial charge in [-0.05, 0) is 97.8 Å². The molecule has 2 aromatic heterocycles. The van der Waals surface area contributed by atoms with E-state index in [1.165, 1.54) is 0 Å². The topological polar surface area (TPSA) is 126 Å². The fourth-order valence-corrected chi connectivity index (χ4v) is 9.04. The van der Waals surface area contributed by atoms with Gasteiger partial charge in [-0.2, -0.15) is 9.79 Å². The summed E-state index contributed by atoms with van der Waals surface area (Å²) in [5.41, 5.74) is 3.32. The van der Waals surface area contributed by atoms with Crippen molar-refractivity contribution in [3.05, 3.63) is 130 Å². The third-order valence-electron chi connectivity index (χ3n) is 11.0. The molecule has 0 radical (unpaired) electrons. The van der Waals surface area contributed by atoms with Crippen molar-refractivity contribution in [1.29, 1.82) is 0 Å². The van der Waals surface area contributed by atoms with Crippen LogP contribution in [0.3, 0.4) is 0 Å². The van der Waals surface area contributed by atoms with Crippen molar-refractivity contribution in [1.82, 2.24) is 0 Å². The minimum absolute atomic E-state index is 0.0361. The highest BCUT2D eigenvalue weighted by Crippen LogP contribution is 2.64. The van der Waals surface area contributed by atoms with E-state index in [-0.39, 0.29) is 22.6 Å². The Morgan fingerprint density at radius 2 is 0.877 bits per heavy atom. The third kappa shape index (κ3) is 6.17. The number of anilines is 2. The third-order valence-corrected chi connectivity index (χ3v) is 11.8. The first-order valence-electron chi connectivity index (χ1n) is 19.1. The lowest BCUT2D eigenvalue weighted by atomic mass is 9.86. The molecule has 0 unspecified atom stereocenters. The van der Waals surface area contributed by atoms with Crippen LogP contribution >= 0.6 is 8.17 Å². The van der Waals surface area contributed by atoms with Crippen molar-refractivity contribution >= 4 is 63.0 Å². The van der Waals surface area contributed by atoms with Crippen LogP contribution in [-0.4, -0.2) is 36.0 Å². The second kappa shape index (κ2) is 14.1. The Bertz CT molecular complexity index is 2820. The zero-order valence-corrected chi connectivity index (χ0v) is 32.8. The lowest BCUT2D eigenvalue weighted by Gasteiger charge is -2.21. The molecule has 10 nitrogen and oxygen atoms in total. The standard InChI is InChI=1S/C46H40N2O8P/c1-5-47(6-2)31-19-17-29-23-37(45(49)53-39(29)25-31)35-21-27-13-9-11-15-33(27)41-42-34-16-12-10-14-28(34)22-36(44(42)56-57(51,52)55-43(35)41)38-24-30-18-20-32(48(7-3)8-4)26-40(30)54-46(38)50/h9-26,51-52H,5-8H2,1-4H3/q+1. The molecule has 11 heteroatoms. The first-order chi connectivity index (χ1) is 27.6. The van der Waals surface area contributed by atoms with Gasteiger partial charge in [0, 0.05) is 82.7 Å². The molecule has 6 aromatic carbocycles. The molecule has 57 heavy (non-hydrogen) atoms. The number of rotatable bonds is 8. The molecule has 0 bridgehead atoms. The van der Waals surface area contributed by atoms with Gasteiger partial charge in [-0.1, -0.05) is 48.5 Å². The van der Waals surface area contributed by atoms with Gasteiger partial charge in [-0.3, -0.25) is 9.05 Å². The molecule has 1 aliphatic rings. The van der Waals surface area contributed by atoms with Crippen molar-refractivity contribution < 1.29 is 27.7 Å². The summed E-state index contributed by atoms with van der Waals surface area (Å²) in [6.07, 6.45) is 0. The summed E-state index contributed by atoms with van der Waals surface area (Å²) >= 11 is 0. The van der Waals surface area contributed by atoms with Gasteiger partial charge in [-0.25, -0.2) is 9.59 Å². The van der Waals surface area contributed by atoms with Crippen molar-refractivity contribution in [3.8, 4) is 44.9 Å². The highest BCUT2D eigenvalue weighted by atomic mass is 31.2. The Morgan fingerprint density at radius 3 is 1.28 bits per heavy atom. The average molecular weight is 780 g/mol. The van der Waals surface area contributed by atoms with Gasteiger partial charge in [0.05, 0.1) is 11.1 Å². The molecule has 9 rings (SSSR count). The van der Waals surface area contributed by atoms with Crippen LogP contribution in [0.1, 0.15) is 27.7 Å². The molecule has 3 heterocycles. The molecule has 0 spiro atoms. The van der Waals surface area contributed by atoms with Crippen LogP contribution in [0.4, 0.5) is 11.4 Å². The molecule has 0 fully saturated rings. The lowest BCUT2D eigenvalue weighted by Crippen LogP contribution is -2.21. The summed E-state index contributed by atoms with van der Waals surface area (Å²) in [5.74, 6) is 0.0722. The Hall–Kier alpha value is -6.19. The molecule has 0 saturated heterocycles. The zero-order valence-electron chi connectivity index (χ0n) is 31.9. The van der Waals surface area contributed by atoms with E-state index >= 15 is 0 Å². The summed E-state index contributed by atoms with van der Waals surface area (Å²) in [7, 11) is -4.75. The van der Waals surface area contributed by atoms with Crippen LogP contribution in [-0.2, 0) is 0 Å². The minimum atomic E-state index is -4.75. The first kappa shape index (κ1) is 36.4. The largest absolute Gasteiger partial charge is 0.664 e. The number of benzene rings is 6. The number of fused-ring (bicyclic) bond motifs is 9. The summed E-state index contributed by atoms with van der Waals surface area (Å²) in [4.78, 5) is 55.8. The maximum absolute atomic E-state index is 14.0. The van der Waals surface area contributed by atoms with Gasteiger partial charge in [0.15, 0.2) is 0 Å². The van der Waals surface area contributed by atoms with Gasteiger partial charge in [0.2, 0.25) is 11.5 Å². The van der Waals surface area contributed by atoms with E-state index in [0.717, 1.165) is 48.3 Å². The smallest absolute Gasteiger partial charge is 0.422 e. The molecule has 8 aromatic rings. The Labute approximate surface area is 328 Å². The fraction of sp³-hybridized carbons (Fsp3) is 0.174. The molecule has 0 atom stereocenters. The summed E-state index contributed by atoms with van der Waals surface area (Å²) in [6.45, 7) is 11.4. The van der Waals surface area contributed by atoms with E-state index in [4.69, 9.17) is 17.9 Å². The fourth-order valence-electron chi connectivity index (χ4n) is 8.15. The van der Waals surface area contributed by atoms with Crippen LogP contribution in [0, 0.1) is 0 Å². The highest BCUT2D eigenvalue weighted by molar-refractivity contribution is 7.55. The van der Waals surface area contributed by atoms with E-state index in [2.05, 4.69) is 37.5 Å². The second-order valence-electron chi connectivity index (χ2n) is 14.1. The van der Waals surface area contributed by atoms with Crippen molar-refractivity contribution in [3.63, 3.8) is 0 Å². The van der Waals surface area contributed by atoms with Crippen LogP contribution in [0.25, 0.3) is 76.9 Å². The molecule has 286 valence electrons. The molecule has 0 aliphatic carbocycles. The number of hydrogen-bond acceptors (Lipinski definition) is 10. The van der Waals surface area contributed by atoms with E-state index < -0.39 is 19.4 Å². The summed E-state index contributed by atoms with van der Waals surface area (Å²) < 4.78 is 24.3. The van der Waals surface area contributed by atoms with Crippen LogP contribution < -0.4 is 30.1 Å². The number of nitrogens with zero attached hydrogens (tertiary/aromatic N) is 2. The van der Waals surface area contributed by atoms with Crippen LogP contribution in [0.15, 0.2) is 128 Å². The molecule has 0 amide bonds. The highest BCUT2D eigenvalue weighted by Gasteiger charge is 2.50. The first-order valence-corrected chi connectivity index (χ1v) is 20.7. The van der Waals surface area contributed by atoms with E-state index in [0.29, 0.717) is 55.0 Å². The van der Waals surface area contributed by atoms with E-state index in [1.807, 2.05) is 84.9 Å². The Morgan fingerprint density at radius 1 is 0.491 bits per heavy atom. The molecule has 1 aliphatic heterocycles. The molecule has 2 N–H and O–H groups in total. The van der Waals surface area contributed by atoms with Gasteiger partial charge in [-0.15, -0.1) is 0 Å². The van der Waals surface area contributed by atoms with Gasteiger partial charge < -0.3 is 18.6 Å². The Balaban J connectivity index is 1.34. The van der Waals surface area contributed by atoms with Crippen molar-refractivity contribution in [2.75, 3.05) is 36.0 Å². The SMILES string of the molecule is CCN(CC)c1ccc2cc(-c3cc4ccccc4c4c3O[P+](O)(O)Oc3c(-c5cc6ccc(N(CC)CC)cc6oc5=O)cc5ccccc5c3-4)c(=O)oc2c1. The molecular weight excluding hydrogens is 739 g/mol. The number of hydrogen-bond donors (Lipinski definition) is 2. The van der Waals surface area contributed by atoms with E-state index in [1.54, 1.807) is 24.3 Å².